The topological polar surface area (TPSA) is 113 Å². The molecule has 4 rings (SSSR count). The molecule has 2 aromatic carbocycles. The van der Waals surface area contributed by atoms with Gasteiger partial charge in [0.2, 0.25) is 0 Å². The maximum absolute atomic E-state index is 11.5. The van der Waals surface area contributed by atoms with E-state index in [0.717, 1.165) is 39.9 Å². The number of aromatic nitrogens is 2. The number of nitrogens with one attached hydrogen (secondary N) is 2. The summed E-state index contributed by atoms with van der Waals surface area (Å²) in [4.78, 5) is 19.2. The highest BCUT2D eigenvalue weighted by atomic mass is 16.5. The number of pyridine rings is 1. The standard InChI is InChI=1S/C23H22N4O3/c1-2-16-15(13-28)9-6-10-18(16)26-21-17-11-19(14-7-4-3-5-8-14)27-22(17)25-12-20(21)30-23(24)29/h3-12,28H,2,13H2,1H3,(H2,24,29)(H2,25,26,27). The van der Waals surface area contributed by atoms with Crippen LogP contribution in [0.4, 0.5) is 16.2 Å². The number of H-pyrrole nitrogens is 1. The number of hydrogen-bond acceptors (Lipinski definition) is 5. The number of aromatic amines is 1. The molecule has 0 fully saturated rings. The van der Waals surface area contributed by atoms with Gasteiger partial charge >= 0.3 is 6.09 Å². The number of ether oxygens (including phenoxy) is 1. The Morgan fingerprint density at radius 2 is 2.00 bits per heavy atom. The maximum Gasteiger partial charge on any atom is 0.410 e. The normalized spacial score (nSPS) is 10.9. The number of nitrogens with two attached hydrogens (primary N) is 1. The summed E-state index contributed by atoms with van der Waals surface area (Å²) in [6.07, 6.45) is 1.27. The molecule has 2 aromatic heterocycles. The first-order valence-corrected chi connectivity index (χ1v) is 9.63. The van der Waals surface area contributed by atoms with Crippen LogP contribution in [0.25, 0.3) is 22.3 Å². The number of fused-ring (bicyclic) bond motifs is 1. The SMILES string of the molecule is CCc1c(CO)cccc1Nc1c(OC(N)=O)cnc2[nH]c(-c3ccccc3)cc12. The number of rotatable bonds is 6. The van der Waals surface area contributed by atoms with Gasteiger partial charge in [-0.1, -0.05) is 49.4 Å². The maximum atomic E-state index is 11.5. The van der Waals surface area contributed by atoms with Crippen LogP contribution in [-0.2, 0) is 13.0 Å². The molecule has 7 heteroatoms. The van der Waals surface area contributed by atoms with Crippen LogP contribution in [0.15, 0.2) is 60.8 Å². The number of aliphatic hydroxyl groups is 1. The van der Waals surface area contributed by atoms with Crippen molar-refractivity contribution in [1.82, 2.24) is 9.97 Å². The molecule has 2 heterocycles. The highest BCUT2D eigenvalue weighted by Gasteiger charge is 2.17. The quantitative estimate of drug-likeness (QED) is 0.380. The van der Waals surface area contributed by atoms with Crippen LogP contribution in [0.5, 0.6) is 5.75 Å². The van der Waals surface area contributed by atoms with Gasteiger partial charge in [0.1, 0.15) is 5.65 Å². The van der Waals surface area contributed by atoms with Crippen molar-refractivity contribution in [1.29, 1.82) is 0 Å². The summed E-state index contributed by atoms with van der Waals surface area (Å²) in [5.74, 6) is 0.227. The molecule has 0 unspecified atom stereocenters. The van der Waals surface area contributed by atoms with E-state index in [0.29, 0.717) is 11.3 Å². The Labute approximate surface area is 173 Å². The Morgan fingerprint density at radius 3 is 2.70 bits per heavy atom. The lowest BCUT2D eigenvalue weighted by Crippen LogP contribution is -2.17. The van der Waals surface area contributed by atoms with Gasteiger partial charge in [-0.15, -0.1) is 0 Å². The fourth-order valence-electron chi connectivity index (χ4n) is 3.60. The van der Waals surface area contributed by atoms with Gasteiger partial charge in [0.15, 0.2) is 5.75 Å². The number of anilines is 2. The molecule has 0 atom stereocenters. The van der Waals surface area contributed by atoms with Crippen molar-refractivity contribution in [3.8, 4) is 17.0 Å². The van der Waals surface area contributed by atoms with E-state index in [1.165, 1.54) is 6.20 Å². The molecule has 152 valence electrons. The Balaban J connectivity index is 1.88. The van der Waals surface area contributed by atoms with Crippen LogP contribution < -0.4 is 15.8 Å². The van der Waals surface area contributed by atoms with Crippen molar-refractivity contribution in [3.63, 3.8) is 0 Å². The van der Waals surface area contributed by atoms with Gasteiger partial charge in [0, 0.05) is 16.8 Å². The third-order valence-electron chi connectivity index (χ3n) is 4.98. The summed E-state index contributed by atoms with van der Waals surface area (Å²) in [5, 5.41) is 13.8. The Hall–Kier alpha value is -3.84. The second-order valence-electron chi connectivity index (χ2n) is 6.81. The molecule has 4 aromatic rings. The van der Waals surface area contributed by atoms with Gasteiger partial charge in [0.25, 0.3) is 0 Å². The molecule has 0 saturated heterocycles. The number of benzene rings is 2. The van der Waals surface area contributed by atoms with Gasteiger partial charge < -0.3 is 25.9 Å². The number of carbonyl (C=O) groups excluding carboxylic acids is 1. The second-order valence-corrected chi connectivity index (χ2v) is 6.81. The highest BCUT2D eigenvalue weighted by Crippen LogP contribution is 2.38. The van der Waals surface area contributed by atoms with Crippen molar-refractivity contribution in [2.75, 3.05) is 5.32 Å². The average Bonchev–Trinajstić information content (AvgIpc) is 3.20. The number of hydrogen-bond donors (Lipinski definition) is 4. The zero-order valence-electron chi connectivity index (χ0n) is 16.5. The number of nitrogens with zero attached hydrogens (tertiary/aromatic N) is 1. The van der Waals surface area contributed by atoms with E-state index in [1.54, 1.807) is 0 Å². The van der Waals surface area contributed by atoms with E-state index in [-0.39, 0.29) is 12.4 Å². The second kappa shape index (κ2) is 8.26. The van der Waals surface area contributed by atoms with Crippen molar-refractivity contribution in [2.24, 2.45) is 5.73 Å². The zero-order chi connectivity index (χ0) is 21.1. The summed E-state index contributed by atoms with van der Waals surface area (Å²) in [5.41, 5.74) is 11.0. The number of primary amides is 1. The van der Waals surface area contributed by atoms with Crippen molar-refractivity contribution >= 4 is 28.5 Å². The largest absolute Gasteiger partial charge is 0.410 e. The van der Waals surface area contributed by atoms with E-state index in [9.17, 15) is 9.90 Å². The van der Waals surface area contributed by atoms with Crippen LogP contribution in [0, 0.1) is 0 Å². The van der Waals surface area contributed by atoms with E-state index in [4.69, 9.17) is 10.5 Å². The number of amides is 1. The average molecular weight is 402 g/mol. The predicted molar refractivity (Wildman–Crippen MR) is 117 cm³/mol. The van der Waals surface area contributed by atoms with Gasteiger partial charge in [-0.2, -0.15) is 0 Å². The summed E-state index contributed by atoms with van der Waals surface area (Å²) in [7, 11) is 0. The van der Waals surface area contributed by atoms with Gasteiger partial charge in [-0.05, 0) is 35.2 Å². The lowest BCUT2D eigenvalue weighted by molar-refractivity contribution is 0.211. The third kappa shape index (κ3) is 3.70. The molecule has 0 aliphatic rings. The molecule has 0 aliphatic carbocycles. The van der Waals surface area contributed by atoms with Gasteiger partial charge in [-0.25, -0.2) is 9.78 Å². The lowest BCUT2D eigenvalue weighted by atomic mass is 10.0. The van der Waals surface area contributed by atoms with Crippen molar-refractivity contribution in [3.05, 3.63) is 71.9 Å². The van der Waals surface area contributed by atoms with E-state index in [2.05, 4.69) is 15.3 Å². The molecule has 0 spiro atoms. The minimum absolute atomic E-state index is 0.0581. The van der Waals surface area contributed by atoms with Gasteiger partial charge in [0.05, 0.1) is 18.5 Å². The highest BCUT2D eigenvalue weighted by molar-refractivity contribution is 5.98. The smallest absolute Gasteiger partial charge is 0.407 e. The molecule has 7 nitrogen and oxygen atoms in total. The van der Waals surface area contributed by atoms with E-state index >= 15 is 0 Å². The van der Waals surface area contributed by atoms with Crippen LogP contribution in [0.1, 0.15) is 18.1 Å². The van der Waals surface area contributed by atoms with Crippen LogP contribution in [-0.4, -0.2) is 21.2 Å². The Morgan fingerprint density at radius 1 is 1.20 bits per heavy atom. The molecular weight excluding hydrogens is 380 g/mol. The molecule has 30 heavy (non-hydrogen) atoms. The van der Waals surface area contributed by atoms with E-state index in [1.807, 2.05) is 61.5 Å². The number of aliphatic hydroxyl groups excluding tert-OH is 1. The Kier molecular flexibility index (Phi) is 5.36. The lowest BCUT2D eigenvalue weighted by Gasteiger charge is -2.16. The summed E-state index contributed by atoms with van der Waals surface area (Å²) >= 11 is 0. The first-order valence-electron chi connectivity index (χ1n) is 9.63. The fraction of sp³-hybridized carbons (Fsp3) is 0.130. The monoisotopic (exact) mass is 402 g/mol. The van der Waals surface area contributed by atoms with Crippen LogP contribution in [0.3, 0.4) is 0 Å². The van der Waals surface area contributed by atoms with Crippen molar-refractivity contribution < 1.29 is 14.6 Å². The van der Waals surface area contributed by atoms with Crippen LogP contribution >= 0.6 is 0 Å². The third-order valence-corrected chi connectivity index (χ3v) is 4.98. The minimum Gasteiger partial charge on any atom is -0.407 e. The van der Waals surface area contributed by atoms with Crippen molar-refractivity contribution in [2.45, 2.75) is 20.0 Å². The molecule has 5 N–H and O–H groups in total. The Bertz CT molecular complexity index is 1200. The molecule has 0 bridgehead atoms. The first kappa shape index (κ1) is 19.5. The first-order chi connectivity index (χ1) is 14.6. The van der Waals surface area contributed by atoms with Crippen LogP contribution in [0.2, 0.25) is 0 Å². The summed E-state index contributed by atoms with van der Waals surface area (Å²) < 4.78 is 5.22. The summed E-state index contributed by atoms with van der Waals surface area (Å²) in [6, 6.07) is 17.5. The molecule has 0 saturated carbocycles. The van der Waals surface area contributed by atoms with Gasteiger partial charge in [-0.3, -0.25) is 0 Å². The molecule has 1 amide bonds. The number of carbonyl (C=O) groups is 1. The summed E-state index contributed by atoms with van der Waals surface area (Å²) in [6.45, 7) is 1.96. The minimum atomic E-state index is -0.919. The molecule has 0 radical (unpaired) electrons. The fourth-order valence-corrected chi connectivity index (χ4v) is 3.60. The molecule has 0 aliphatic heterocycles. The zero-order valence-corrected chi connectivity index (χ0v) is 16.5. The predicted octanol–water partition coefficient (Wildman–Crippen LogP) is 4.49. The molecular formula is C23H22N4O3. The van der Waals surface area contributed by atoms with E-state index < -0.39 is 6.09 Å².